The van der Waals surface area contributed by atoms with Crippen molar-refractivity contribution in [2.45, 2.75) is 78.3 Å². The Bertz CT molecular complexity index is 192. The van der Waals surface area contributed by atoms with Crippen molar-refractivity contribution in [2.24, 2.45) is 0 Å². The summed E-state index contributed by atoms with van der Waals surface area (Å²) in [5.74, 6) is -0.874. The highest BCUT2D eigenvalue weighted by atomic mass is 16.9. The molecule has 0 aromatic carbocycles. The maximum atomic E-state index is 5.72. The number of methoxy groups -OCH3 is 1. The van der Waals surface area contributed by atoms with Crippen LogP contribution in [0.15, 0.2) is 0 Å². The van der Waals surface area contributed by atoms with Gasteiger partial charge in [-0.25, -0.2) is 0 Å². The van der Waals surface area contributed by atoms with Gasteiger partial charge < -0.3 is 18.9 Å². The average molecular weight is 290 g/mol. The molecule has 0 heterocycles. The second kappa shape index (κ2) is 12.6. The van der Waals surface area contributed by atoms with Gasteiger partial charge in [-0.3, -0.25) is 0 Å². The lowest BCUT2D eigenvalue weighted by Gasteiger charge is -2.32. The highest BCUT2D eigenvalue weighted by molar-refractivity contribution is 4.63. The SMILES string of the molecule is CCCCC(CCCC(OCC)(OCC)OCC)OC. The fourth-order valence-corrected chi connectivity index (χ4v) is 2.36. The Balaban J connectivity index is 4.28. The lowest BCUT2D eigenvalue weighted by Crippen LogP contribution is -2.39. The van der Waals surface area contributed by atoms with E-state index in [0.717, 1.165) is 25.7 Å². The van der Waals surface area contributed by atoms with Crippen molar-refractivity contribution in [3.63, 3.8) is 0 Å². The molecule has 0 saturated heterocycles. The van der Waals surface area contributed by atoms with E-state index in [-0.39, 0.29) is 0 Å². The first kappa shape index (κ1) is 19.8. The van der Waals surface area contributed by atoms with Crippen molar-refractivity contribution in [3.05, 3.63) is 0 Å². The molecule has 4 nitrogen and oxygen atoms in total. The zero-order valence-corrected chi connectivity index (χ0v) is 14.1. The van der Waals surface area contributed by atoms with Crippen LogP contribution in [0.25, 0.3) is 0 Å². The Kier molecular flexibility index (Phi) is 12.5. The lowest BCUT2D eigenvalue weighted by molar-refractivity contribution is -0.380. The van der Waals surface area contributed by atoms with Crippen molar-refractivity contribution in [1.29, 1.82) is 0 Å². The van der Waals surface area contributed by atoms with Crippen LogP contribution in [0.2, 0.25) is 0 Å². The quantitative estimate of drug-likeness (QED) is 0.451. The van der Waals surface area contributed by atoms with Crippen molar-refractivity contribution in [3.8, 4) is 0 Å². The standard InChI is InChI=1S/C16H34O4/c1-6-10-12-15(17-5)13-11-14-16(18-7-2,19-8-3)20-9-4/h15H,6-14H2,1-5H3. The molecule has 0 aliphatic carbocycles. The number of unbranched alkanes of at least 4 members (excludes halogenated alkanes) is 1. The molecule has 0 N–H and O–H groups in total. The van der Waals surface area contributed by atoms with Gasteiger partial charge in [0.25, 0.3) is 5.97 Å². The predicted octanol–water partition coefficient (Wildman–Crippen LogP) is 4.13. The molecule has 20 heavy (non-hydrogen) atoms. The van der Waals surface area contributed by atoms with E-state index in [4.69, 9.17) is 18.9 Å². The van der Waals surface area contributed by atoms with E-state index >= 15 is 0 Å². The molecule has 122 valence electrons. The van der Waals surface area contributed by atoms with Gasteiger partial charge in [-0.05, 0) is 40.0 Å². The highest BCUT2D eigenvalue weighted by Crippen LogP contribution is 2.24. The normalized spacial score (nSPS) is 13.7. The van der Waals surface area contributed by atoms with E-state index in [1.54, 1.807) is 7.11 Å². The second-order valence-corrected chi connectivity index (χ2v) is 4.87. The fraction of sp³-hybridized carbons (Fsp3) is 1.00. The summed E-state index contributed by atoms with van der Waals surface area (Å²) in [6.07, 6.45) is 6.62. The third-order valence-electron chi connectivity index (χ3n) is 3.31. The molecule has 0 aliphatic rings. The maximum absolute atomic E-state index is 5.72. The molecule has 4 heteroatoms. The van der Waals surface area contributed by atoms with Gasteiger partial charge in [0.2, 0.25) is 0 Å². The molecule has 0 aromatic heterocycles. The number of hydrogen-bond donors (Lipinski definition) is 0. The van der Waals surface area contributed by atoms with Crippen LogP contribution in [0.3, 0.4) is 0 Å². The first-order valence-electron chi connectivity index (χ1n) is 8.12. The molecule has 1 unspecified atom stereocenters. The largest absolute Gasteiger partial charge is 0.381 e. The second-order valence-electron chi connectivity index (χ2n) is 4.87. The third kappa shape index (κ3) is 8.20. The van der Waals surface area contributed by atoms with Gasteiger partial charge in [-0.15, -0.1) is 0 Å². The van der Waals surface area contributed by atoms with Crippen LogP contribution in [0.5, 0.6) is 0 Å². The number of ether oxygens (including phenoxy) is 4. The summed E-state index contributed by atoms with van der Waals surface area (Å²) in [4.78, 5) is 0. The maximum Gasteiger partial charge on any atom is 0.282 e. The molecular formula is C16H34O4. The molecule has 0 fully saturated rings. The van der Waals surface area contributed by atoms with Crippen molar-refractivity contribution in [1.82, 2.24) is 0 Å². The zero-order chi connectivity index (χ0) is 15.3. The summed E-state index contributed by atoms with van der Waals surface area (Å²) >= 11 is 0. The van der Waals surface area contributed by atoms with Gasteiger partial charge in [0.1, 0.15) is 0 Å². The first-order chi connectivity index (χ1) is 9.67. The summed E-state index contributed by atoms with van der Waals surface area (Å²) in [6, 6.07) is 0. The Labute approximate surface area is 125 Å². The van der Waals surface area contributed by atoms with Crippen LogP contribution >= 0.6 is 0 Å². The smallest absolute Gasteiger partial charge is 0.282 e. The minimum Gasteiger partial charge on any atom is -0.381 e. The van der Waals surface area contributed by atoms with Crippen LogP contribution in [-0.2, 0) is 18.9 Å². The van der Waals surface area contributed by atoms with Gasteiger partial charge in [0.05, 0.1) is 6.10 Å². The van der Waals surface area contributed by atoms with E-state index in [9.17, 15) is 0 Å². The minimum absolute atomic E-state index is 0.331. The van der Waals surface area contributed by atoms with E-state index in [1.807, 2.05) is 20.8 Å². The van der Waals surface area contributed by atoms with Crippen molar-refractivity contribution >= 4 is 0 Å². The van der Waals surface area contributed by atoms with Crippen LogP contribution < -0.4 is 0 Å². The summed E-state index contributed by atoms with van der Waals surface area (Å²) < 4.78 is 22.7. The molecule has 1 atom stereocenters. The topological polar surface area (TPSA) is 36.9 Å². The molecule has 0 saturated carbocycles. The summed E-state index contributed by atoms with van der Waals surface area (Å²) in [6.45, 7) is 9.86. The molecule has 0 bridgehead atoms. The zero-order valence-electron chi connectivity index (χ0n) is 14.1. The van der Waals surface area contributed by atoms with Gasteiger partial charge >= 0.3 is 0 Å². The van der Waals surface area contributed by atoms with Gasteiger partial charge in [0, 0.05) is 33.4 Å². The fourth-order valence-electron chi connectivity index (χ4n) is 2.36. The Morgan fingerprint density at radius 2 is 1.30 bits per heavy atom. The van der Waals surface area contributed by atoms with Crippen molar-refractivity contribution in [2.75, 3.05) is 26.9 Å². The summed E-state index contributed by atoms with van der Waals surface area (Å²) in [5.41, 5.74) is 0. The molecule has 0 rings (SSSR count). The molecule has 0 aromatic rings. The van der Waals surface area contributed by atoms with Crippen LogP contribution in [0.4, 0.5) is 0 Å². The molecule has 0 radical (unpaired) electrons. The van der Waals surface area contributed by atoms with E-state index < -0.39 is 5.97 Å². The summed E-state index contributed by atoms with van der Waals surface area (Å²) in [7, 11) is 1.79. The van der Waals surface area contributed by atoms with Gasteiger partial charge in [-0.1, -0.05) is 19.8 Å². The minimum atomic E-state index is -0.874. The van der Waals surface area contributed by atoms with E-state index in [0.29, 0.717) is 25.9 Å². The molecule has 0 aliphatic heterocycles. The number of hydrogen-bond acceptors (Lipinski definition) is 4. The molecule has 0 amide bonds. The average Bonchev–Trinajstić information content (AvgIpc) is 2.43. The summed E-state index contributed by atoms with van der Waals surface area (Å²) in [5, 5.41) is 0. The highest BCUT2D eigenvalue weighted by Gasteiger charge is 2.32. The Hall–Kier alpha value is -0.160. The molecule has 0 spiro atoms. The van der Waals surface area contributed by atoms with Gasteiger partial charge in [0.15, 0.2) is 0 Å². The number of rotatable bonds is 14. The first-order valence-corrected chi connectivity index (χ1v) is 8.12. The lowest BCUT2D eigenvalue weighted by atomic mass is 10.1. The monoisotopic (exact) mass is 290 g/mol. The van der Waals surface area contributed by atoms with Crippen molar-refractivity contribution < 1.29 is 18.9 Å². The Morgan fingerprint density at radius 1 is 0.800 bits per heavy atom. The van der Waals surface area contributed by atoms with Crippen LogP contribution in [0.1, 0.15) is 66.2 Å². The molecular weight excluding hydrogens is 256 g/mol. The van der Waals surface area contributed by atoms with Crippen LogP contribution in [0, 0.1) is 0 Å². The van der Waals surface area contributed by atoms with E-state index in [2.05, 4.69) is 6.92 Å². The third-order valence-corrected chi connectivity index (χ3v) is 3.31. The van der Waals surface area contributed by atoms with Gasteiger partial charge in [-0.2, -0.15) is 0 Å². The predicted molar refractivity (Wildman–Crippen MR) is 81.8 cm³/mol. The van der Waals surface area contributed by atoms with Crippen LogP contribution in [-0.4, -0.2) is 39.0 Å². The van der Waals surface area contributed by atoms with E-state index in [1.165, 1.54) is 12.8 Å². The Morgan fingerprint density at radius 3 is 1.70 bits per heavy atom.